The van der Waals surface area contributed by atoms with Gasteiger partial charge in [0.2, 0.25) is 5.91 Å². The first-order chi connectivity index (χ1) is 15.0. The average molecular weight is 442 g/mol. The maximum atomic E-state index is 13.4. The highest BCUT2D eigenvalue weighted by Gasteiger charge is 2.18. The van der Waals surface area contributed by atoms with Gasteiger partial charge >= 0.3 is 6.03 Å². The van der Waals surface area contributed by atoms with Crippen molar-refractivity contribution in [2.45, 2.75) is 53.9 Å². The van der Waals surface area contributed by atoms with E-state index in [1.165, 1.54) is 12.1 Å². The number of rotatable bonds is 9. The predicted molar refractivity (Wildman–Crippen MR) is 129 cm³/mol. The monoisotopic (exact) mass is 441 g/mol. The van der Waals surface area contributed by atoms with Crippen LogP contribution in [0.2, 0.25) is 0 Å². The van der Waals surface area contributed by atoms with Crippen LogP contribution in [0.4, 0.5) is 20.6 Å². The second kappa shape index (κ2) is 11.7. The van der Waals surface area contributed by atoms with E-state index in [9.17, 15) is 14.0 Å². The normalized spacial score (nSPS) is 12.2. The molecule has 0 bridgehead atoms. The molecule has 2 rings (SSSR count). The molecule has 0 fully saturated rings. The third-order valence-electron chi connectivity index (χ3n) is 5.06. The van der Waals surface area contributed by atoms with Gasteiger partial charge in [0.15, 0.2) is 0 Å². The Hall–Kier alpha value is -2.89. The van der Waals surface area contributed by atoms with Gasteiger partial charge in [-0.05, 0) is 67.5 Å². The maximum Gasteiger partial charge on any atom is 0.326 e. The standard InChI is InChI=1S/C26H36FN3O2/c1-19-7-11-22(12-8-19)29-25(32)30(23-13-9-21(27)10-14-23)16-6-15-28-24(31)17-20(2)18-26(3,4)5/h7-14,20H,6,15-18H2,1-5H3,(H,28,31)(H,29,32). The van der Waals surface area contributed by atoms with E-state index in [0.29, 0.717) is 43.2 Å². The number of carbonyl (C=O) groups is 2. The number of benzene rings is 2. The third-order valence-corrected chi connectivity index (χ3v) is 5.06. The van der Waals surface area contributed by atoms with Gasteiger partial charge in [0.1, 0.15) is 5.82 Å². The zero-order chi connectivity index (χ0) is 23.7. The number of aryl methyl sites for hydroxylation is 1. The minimum atomic E-state index is -0.357. The Morgan fingerprint density at radius 3 is 2.25 bits per heavy atom. The molecule has 2 N–H and O–H groups in total. The lowest BCUT2D eigenvalue weighted by molar-refractivity contribution is -0.122. The third kappa shape index (κ3) is 9.08. The van der Waals surface area contributed by atoms with Crippen molar-refractivity contribution in [1.82, 2.24) is 5.32 Å². The average Bonchev–Trinajstić information content (AvgIpc) is 2.69. The molecule has 3 amide bonds. The molecular weight excluding hydrogens is 405 g/mol. The number of halogens is 1. The smallest absolute Gasteiger partial charge is 0.326 e. The minimum Gasteiger partial charge on any atom is -0.356 e. The highest BCUT2D eigenvalue weighted by molar-refractivity contribution is 6.01. The molecule has 0 aliphatic heterocycles. The Labute approximate surface area is 191 Å². The first kappa shape index (κ1) is 25.4. The van der Waals surface area contributed by atoms with Crippen molar-refractivity contribution in [2.24, 2.45) is 11.3 Å². The number of nitrogens with one attached hydrogen (secondary N) is 2. The van der Waals surface area contributed by atoms with Gasteiger partial charge in [-0.1, -0.05) is 45.4 Å². The fourth-order valence-electron chi connectivity index (χ4n) is 3.77. The van der Waals surface area contributed by atoms with Crippen molar-refractivity contribution in [3.63, 3.8) is 0 Å². The molecule has 32 heavy (non-hydrogen) atoms. The Balaban J connectivity index is 1.92. The molecular formula is C26H36FN3O2. The Morgan fingerprint density at radius 2 is 1.66 bits per heavy atom. The van der Waals surface area contributed by atoms with Gasteiger partial charge in [-0.25, -0.2) is 9.18 Å². The summed E-state index contributed by atoms with van der Waals surface area (Å²) in [5.74, 6) is -0.0190. The summed E-state index contributed by atoms with van der Waals surface area (Å²) in [6, 6.07) is 13.1. The Bertz CT molecular complexity index is 873. The van der Waals surface area contributed by atoms with Crippen LogP contribution in [-0.4, -0.2) is 25.0 Å². The molecule has 0 aromatic heterocycles. The summed E-state index contributed by atoms with van der Waals surface area (Å²) in [4.78, 5) is 26.7. The molecule has 1 unspecified atom stereocenters. The number of nitrogens with zero attached hydrogens (tertiary/aromatic N) is 1. The lowest BCUT2D eigenvalue weighted by Gasteiger charge is -2.24. The van der Waals surface area contributed by atoms with Crippen molar-refractivity contribution in [1.29, 1.82) is 0 Å². The molecule has 174 valence electrons. The van der Waals surface area contributed by atoms with Gasteiger partial charge in [-0.3, -0.25) is 9.69 Å². The largest absolute Gasteiger partial charge is 0.356 e. The predicted octanol–water partition coefficient (Wildman–Crippen LogP) is 6.14. The van der Waals surface area contributed by atoms with Crippen LogP contribution in [0, 0.1) is 24.1 Å². The quantitative estimate of drug-likeness (QED) is 0.459. The number of hydrogen-bond acceptors (Lipinski definition) is 2. The van der Waals surface area contributed by atoms with E-state index >= 15 is 0 Å². The molecule has 0 saturated carbocycles. The van der Waals surface area contributed by atoms with Crippen molar-refractivity contribution in [3.8, 4) is 0 Å². The molecule has 1 atom stereocenters. The van der Waals surface area contributed by atoms with E-state index < -0.39 is 0 Å². The van der Waals surface area contributed by atoms with E-state index in [1.54, 1.807) is 17.0 Å². The van der Waals surface area contributed by atoms with E-state index in [1.807, 2.05) is 31.2 Å². The summed E-state index contributed by atoms with van der Waals surface area (Å²) in [5, 5.41) is 5.84. The number of hydrogen-bond donors (Lipinski definition) is 2. The highest BCUT2D eigenvalue weighted by atomic mass is 19.1. The number of urea groups is 1. The first-order valence-electron chi connectivity index (χ1n) is 11.2. The molecule has 0 spiro atoms. The summed E-state index contributed by atoms with van der Waals surface area (Å²) in [6.07, 6.45) is 2.06. The molecule has 2 aromatic rings. The first-order valence-corrected chi connectivity index (χ1v) is 11.2. The second-order valence-electron chi connectivity index (χ2n) is 9.70. The summed E-state index contributed by atoms with van der Waals surface area (Å²) < 4.78 is 13.4. The van der Waals surface area contributed by atoms with E-state index in [-0.39, 0.29) is 23.2 Å². The minimum absolute atomic E-state index is 0.0270. The van der Waals surface area contributed by atoms with Gasteiger partial charge < -0.3 is 10.6 Å². The van der Waals surface area contributed by atoms with Crippen molar-refractivity contribution >= 4 is 23.3 Å². The van der Waals surface area contributed by atoms with Gasteiger partial charge in [-0.2, -0.15) is 0 Å². The van der Waals surface area contributed by atoms with Crippen LogP contribution in [0.3, 0.4) is 0 Å². The van der Waals surface area contributed by atoms with E-state index in [0.717, 1.165) is 12.0 Å². The van der Waals surface area contributed by atoms with Crippen LogP contribution in [0.5, 0.6) is 0 Å². The molecule has 0 heterocycles. The Kier molecular flexibility index (Phi) is 9.24. The van der Waals surface area contributed by atoms with Crippen LogP contribution >= 0.6 is 0 Å². The lowest BCUT2D eigenvalue weighted by Crippen LogP contribution is -2.37. The van der Waals surface area contributed by atoms with Crippen molar-refractivity contribution < 1.29 is 14.0 Å². The summed E-state index contributed by atoms with van der Waals surface area (Å²) in [5.41, 5.74) is 2.58. The molecule has 2 aromatic carbocycles. The Morgan fingerprint density at radius 1 is 1.03 bits per heavy atom. The van der Waals surface area contributed by atoms with E-state index in [4.69, 9.17) is 0 Å². The van der Waals surface area contributed by atoms with Gasteiger partial charge in [-0.15, -0.1) is 0 Å². The van der Waals surface area contributed by atoms with Crippen LogP contribution in [0.25, 0.3) is 0 Å². The molecule has 0 aliphatic carbocycles. The van der Waals surface area contributed by atoms with E-state index in [2.05, 4.69) is 38.3 Å². The van der Waals surface area contributed by atoms with Gasteiger partial charge in [0.05, 0.1) is 0 Å². The SMILES string of the molecule is Cc1ccc(NC(=O)N(CCCNC(=O)CC(C)CC(C)(C)C)c2ccc(F)cc2)cc1. The summed E-state index contributed by atoms with van der Waals surface area (Å²) >= 11 is 0. The number of amides is 3. The molecule has 5 nitrogen and oxygen atoms in total. The molecule has 0 saturated heterocycles. The zero-order valence-electron chi connectivity index (χ0n) is 19.9. The number of anilines is 2. The van der Waals surface area contributed by atoms with Crippen LogP contribution in [-0.2, 0) is 4.79 Å². The van der Waals surface area contributed by atoms with Crippen LogP contribution < -0.4 is 15.5 Å². The van der Waals surface area contributed by atoms with Crippen LogP contribution in [0.1, 0.15) is 52.5 Å². The van der Waals surface area contributed by atoms with Crippen molar-refractivity contribution in [3.05, 3.63) is 59.9 Å². The summed E-state index contributed by atoms with van der Waals surface area (Å²) in [7, 11) is 0. The molecule has 0 aliphatic rings. The van der Waals surface area contributed by atoms with Crippen molar-refractivity contribution in [2.75, 3.05) is 23.3 Å². The lowest BCUT2D eigenvalue weighted by atomic mass is 9.84. The fraction of sp³-hybridized carbons (Fsp3) is 0.462. The van der Waals surface area contributed by atoms with Gasteiger partial charge in [0, 0.05) is 30.9 Å². The van der Waals surface area contributed by atoms with Gasteiger partial charge in [0.25, 0.3) is 0 Å². The summed E-state index contributed by atoms with van der Waals surface area (Å²) in [6.45, 7) is 11.5. The fourth-order valence-corrected chi connectivity index (χ4v) is 3.77. The molecule has 6 heteroatoms. The highest BCUT2D eigenvalue weighted by Crippen LogP contribution is 2.25. The molecule has 0 radical (unpaired) electrons. The van der Waals surface area contributed by atoms with Crippen LogP contribution in [0.15, 0.2) is 48.5 Å². The second-order valence-corrected chi connectivity index (χ2v) is 9.70. The maximum absolute atomic E-state index is 13.4. The topological polar surface area (TPSA) is 61.4 Å². The zero-order valence-corrected chi connectivity index (χ0v) is 19.9. The number of carbonyl (C=O) groups excluding carboxylic acids is 2.